The van der Waals surface area contributed by atoms with E-state index < -0.39 is 5.60 Å². The van der Waals surface area contributed by atoms with Crippen molar-refractivity contribution in [3.63, 3.8) is 0 Å². The number of aryl methyl sites for hydroxylation is 1. The molecule has 0 radical (unpaired) electrons. The van der Waals surface area contributed by atoms with Crippen LogP contribution in [0.5, 0.6) is 0 Å². The van der Waals surface area contributed by atoms with Gasteiger partial charge in [0.05, 0.1) is 18.1 Å². The number of carbonyl (C=O) groups is 1. The molecule has 0 bridgehead atoms. The Bertz CT molecular complexity index is 712. The van der Waals surface area contributed by atoms with Crippen molar-refractivity contribution in [3.8, 4) is 0 Å². The second-order valence-corrected chi connectivity index (χ2v) is 7.08. The van der Waals surface area contributed by atoms with Crippen LogP contribution in [-0.2, 0) is 17.6 Å². The fourth-order valence-corrected chi connectivity index (χ4v) is 3.78. The monoisotopic (exact) mass is 314 g/mol. The number of nitrogens with zero attached hydrogens (tertiary/aromatic N) is 1. The van der Waals surface area contributed by atoms with Gasteiger partial charge in [-0.15, -0.1) is 0 Å². The molecule has 0 spiro atoms. The molecule has 1 atom stereocenters. The molecule has 1 aromatic heterocycles. The largest absolute Gasteiger partial charge is 0.388 e. The Hall–Kier alpha value is -1.81. The highest BCUT2D eigenvalue weighted by Crippen LogP contribution is 2.28. The van der Waals surface area contributed by atoms with Crippen LogP contribution in [-0.4, -0.2) is 39.1 Å². The molecule has 1 aliphatic rings. The zero-order valence-electron chi connectivity index (χ0n) is 14.2. The molecule has 1 saturated heterocycles. The number of likely N-dealkylation sites (tertiary alicyclic amines) is 1. The van der Waals surface area contributed by atoms with E-state index in [1.807, 2.05) is 11.1 Å². The van der Waals surface area contributed by atoms with Crippen LogP contribution in [0.25, 0.3) is 10.9 Å². The summed E-state index contributed by atoms with van der Waals surface area (Å²) in [7, 11) is 0. The molecule has 23 heavy (non-hydrogen) atoms. The molecule has 2 N–H and O–H groups in total. The van der Waals surface area contributed by atoms with Crippen molar-refractivity contribution >= 4 is 16.8 Å². The first-order chi connectivity index (χ1) is 10.9. The van der Waals surface area contributed by atoms with Crippen molar-refractivity contribution in [3.05, 3.63) is 35.5 Å². The van der Waals surface area contributed by atoms with Gasteiger partial charge in [-0.05, 0) is 44.2 Å². The lowest BCUT2D eigenvalue weighted by Gasteiger charge is -2.33. The number of nitrogens with one attached hydrogen (secondary N) is 1. The minimum atomic E-state index is -0.845. The zero-order chi connectivity index (χ0) is 16.6. The number of aromatic nitrogens is 1. The van der Waals surface area contributed by atoms with E-state index in [0.717, 1.165) is 42.3 Å². The van der Waals surface area contributed by atoms with Crippen LogP contribution in [0.2, 0.25) is 0 Å². The van der Waals surface area contributed by atoms with Crippen molar-refractivity contribution in [1.29, 1.82) is 0 Å². The standard InChI is InChI=1S/C19H26N2O2/c1-4-13-7-5-8-15-14(12-20-18(13)15)11-17(22)21-10-6-9-16(21)19(2,3)23/h5,7-8,12,16,20,23H,4,6,9-11H2,1-3H3. The molecule has 3 rings (SSSR count). The third-order valence-corrected chi connectivity index (χ3v) is 5.00. The fraction of sp³-hybridized carbons (Fsp3) is 0.526. The van der Waals surface area contributed by atoms with Crippen LogP contribution in [0.3, 0.4) is 0 Å². The van der Waals surface area contributed by atoms with Crippen LogP contribution in [0, 0.1) is 0 Å². The number of hydrogen-bond donors (Lipinski definition) is 2. The number of hydrogen-bond acceptors (Lipinski definition) is 2. The number of rotatable bonds is 4. The summed E-state index contributed by atoms with van der Waals surface area (Å²) in [5.74, 6) is 0.109. The maximum Gasteiger partial charge on any atom is 0.227 e. The Labute approximate surface area is 137 Å². The highest BCUT2D eigenvalue weighted by atomic mass is 16.3. The number of fused-ring (bicyclic) bond motifs is 1. The lowest BCUT2D eigenvalue weighted by molar-refractivity contribution is -0.135. The van der Waals surface area contributed by atoms with Gasteiger partial charge < -0.3 is 15.0 Å². The molecule has 0 aliphatic carbocycles. The number of aromatic amines is 1. The molecule has 1 unspecified atom stereocenters. The van der Waals surface area contributed by atoms with Crippen LogP contribution >= 0.6 is 0 Å². The first-order valence-electron chi connectivity index (χ1n) is 8.51. The topological polar surface area (TPSA) is 56.3 Å². The molecule has 4 nitrogen and oxygen atoms in total. The average molecular weight is 314 g/mol. The predicted molar refractivity (Wildman–Crippen MR) is 92.4 cm³/mol. The molecule has 1 amide bonds. The Kier molecular flexibility index (Phi) is 4.19. The summed E-state index contributed by atoms with van der Waals surface area (Å²) in [6, 6.07) is 6.17. The number of H-pyrrole nitrogens is 1. The Morgan fingerprint density at radius 2 is 2.17 bits per heavy atom. The Morgan fingerprint density at radius 3 is 2.87 bits per heavy atom. The minimum Gasteiger partial charge on any atom is -0.388 e. The summed E-state index contributed by atoms with van der Waals surface area (Å²) in [5.41, 5.74) is 2.61. The highest BCUT2D eigenvalue weighted by molar-refractivity contribution is 5.90. The maximum atomic E-state index is 12.8. The number of carbonyl (C=O) groups excluding carboxylic acids is 1. The van der Waals surface area contributed by atoms with Crippen LogP contribution < -0.4 is 0 Å². The first kappa shape index (κ1) is 16.1. The van der Waals surface area contributed by atoms with Gasteiger partial charge in [0.2, 0.25) is 5.91 Å². The van der Waals surface area contributed by atoms with Crippen LogP contribution in [0.4, 0.5) is 0 Å². The van der Waals surface area contributed by atoms with E-state index in [1.54, 1.807) is 13.8 Å². The van der Waals surface area contributed by atoms with Crippen molar-refractivity contribution < 1.29 is 9.90 Å². The van der Waals surface area contributed by atoms with Crippen molar-refractivity contribution in [1.82, 2.24) is 9.88 Å². The van der Waals surface area contributed by atoms with E-state index in [-0.39, 0.29) is 11.9 Å². The summed E-state index contributed by atoms with van der Waals surface area (Å²) in [6.45, 7) is 6.47. The fourth-order valence-electron chi connectivity index (χ4n) is 3.78. The predicted octanol–water partition coefficient (Wildman–Crippen LogP) is 3.03. The molecule has 1 aromatic carbocycles. The summed E-state index contributed by atoms with van der Waals surface area (Å²) in [5, 5.41) is 11.4. The Balaban J connectivity index is 1.83. The molecular weight excluding hydrogens is 288 g/mol. The summed E-state index contributed by atoms with van der Waals surface area (Å²) in [4.78, 5) is 18.0. The molecule has 2 heterocycles. The SMILES string of the molecule is CCc1cccc2c(CC(=O)N3CCCC3C(C)(C)O)c[nH]c12. The van der Waals surface area contributed by atoms with Gasteiger partial charge in [-0.2, -0.15) is 0 Å². The first-order valence-corrected chi connectivity index (χ1v) is 8.51. The van der Waals surface area contributed by atoms with Gasteiger partial charge in [-0.3, -0.25) is 4.79 Å². The molecular formula is C19H26N2O2. The van der Waals surface area contributed by atoms with Gasteiger partial charge in [0.15, 0.2) is 0 Å². The second kappa shape index (κ2) is 6.00. The average Bonchev–Trinajstić information content (AvgIpc) is 3.13. The summed E-state index contributed by atoms with van der Waals surface area (Å²) in [6.07, 6.45) is 5.16. The third-order valence-electron chi connectivity index (χ3n) is 5.00. The Morgan fingerprint density at radius 1 is 1.39 bits per heavy atom. The number of para-hydroxylation sites is 1. The molecule has 0 saturated carbocycles. The van der Waals surface area contributed by atoms with Crippen molar-refractivity contribution in [2.75, 3.05) is 6.54 Å². The van der Waals surface area contributed by atoms with Gasteiger partial charge in [-0.1, -0.05) is 25.1 Å². The van der Waals surface area contributed by atoms with E-state index in [0.29, 0.717) is 6.42 Å². The second-order valence-electron chi connectivity index (χ2n) is 7.08. The highest BCUT2D eigenvalue weighted by Gasteiger charge is 2.38. The van der Waals surface area contributed by atoms with Gasteiger partial charge in [0.1, 0.15) is 0 Å². The minimum absolute atomic E-state index is 0.0774. The van der Waals surface area contributed by atoms with Crippen LogP contribution in [0.1, 0.15) is 44.7 Å². The van der Waals surface area contributed by atoms with E-state index >= 15 is 0 Å². The van der Waals surface area contributed by atoms with E-state index in [1.165, 1.54) is 5.56 Å². The number of aliphatic hydroxyl groups is 1. The molecule has 2 aromatic rings. The maximum absolute atomic E-state index is 12.8. The molecule has 1 aliphatic heterocycles. The normalized spacial score (nSPS) is 18.8. The molecule has 1 fully saturated rings. The summed E-state index contributed by atoms with van der Waals surface area (Å²) < 4.78 is 0. The number of benzene rings is 1. The van der Waals surface area contributed by atoms with Crippen LogP contribution in [0.15, 0.2) is 24.4 Å². The lowest BCUT2D eigenvalue weighted by Crippen LogP contribution is -2.48. The van der Waals surface area contributed by atoms with Gasteiger partial charge >= 0.3 is 0 Å². The van der Waals surface area contributed by atoms with E-state index in [2.05, 4.69) is 30.1 Å². The quantitative estimate of drug-likeness (QED) is 0.911. The smallest absolute Gasteiger partial charge is 0.227 e. The van der Waals surface area contributed by atoms with E-state index in [9.17, 15) is 9.90 Å². The van der Waals surface area contributed by atoms with Crippen molar-refractivity contribution in [2.24, 2.45) is 0 Å². The third kappa shape index (κ3) is 3.00. The van der Waals surface area contributed by atoms with Gasteiger partial charge in [0, 0.05) is 23.6 Å². The lowest BCUT2D eigenvalue weighted by atomic mass is 9.96. The summed E-state index contributed by atoms with van der Waals surface area (Å²) >= 11 is 0. The van der Waals surface area contributed by atoms with Crippen molar-refractivity contribution in [2.45, 2.75) is 58.1 Å². The number of amides is 1. The van der Waals surface area contributed by atoms with E-state index in [4.69, 9.17) is 0 Å². The van der Waals surface area contributed by atoms with Gasteiger partial charge in [0.25, 0.3) is 0 Å². The van der Waals surface area contributed by atoms with Gasteiger partial charge in [-0.25, -0.2) is 0 Å². The molecule has 124 valence electrons. The zero-order valence-corrected chi connectivity index (χ0v) is 14.2. The molecule has 4 heteroatoms.